The number of hydrogen-bond donors (Lipinski definition) is 3. The molecule has 0 unspecified atom stereocenters. The molecule has 12 rings (SSSR count). The number of aromatic amines is 1. The van der Waals surface area contributed by atoms with Crippen LogP contribution in [0.25, 0.3) is 11.0 Å². The number of H-pyrrole nitrogens is 1. The van der Waals surface area contributed by atoms with Gasteiger partial charge in [0.05, 0.1) is 65.1 Å². The third-order valence-electron chi connectivity index (χ3n) is 16.4. The first-order valence-electron chi connectivity index (χ1n) is 25.8. The average Bonchev–Trinajstić information content (AvgIpc) is 3.87. The predicted octanol–water partition coefficient (Wildman–Crippen LogP) is 7.58. The van der Waals surface area contributed by atoms with E-state index in [1.807, 2.05) is 49.1 Å². The first-order chi connectivity index (χ1) is 35.7. The highest BCUT2D eigenvalue weighted by molar-refractivity contribution is 7.90. The van der Waals surface area contributed by atoms with Gasteiger partial charge in [0.2, 0.25) is 5.88 Å². The van der Waals surface area contributed by atoms with Gasteiger partial charge >= 0.3 is 0 Å². The summed E-state index contributed by atoms with van der Waals surface area (Å²) in [6.07, 6.45) is 6.19. The summed E-state index contributed by atoms with van der Waals surface area (Å²) in [5.41, 5.74) is 1.42. The summed E-state index contributed by atoms with van der Waals surface area (Å²) < 4.78 is 82.9. The zero-order valence-corrected chi connectivity index (χ0v) is 42.2. The van der Waals surface area contributed by atoms with E-state index in [2.05, 4.69) is 43.0 Å². The number of carbonyl (C=O) groups is 1. The maximum absolute atomic E-state index is 16.0. The molecular formula is C53H61FN8O11S. The first kappa shape index (κ1) is 48.7. The fourth-order valence-electron chi connectivity index (χ4n) is 12.4. The molecule has 21 heteroatoms. The molecule has 5 aromatic rings. The molecular weight excluding hydrogens is 976 g/mol. The van der Waals surface area contributed by atoms with Gasteiger partial charge in [-0.1, -0.05) is 18.2 Å². The largest absolute Gasteiger partial charge is 0.491 e. The minimum Gasteiger partial charge on any atom is -0.491 e. The summed E-state index contributed by atoms with van der Waals surface area (Å²) in [5.74, 6) is 0.146. The highest BCUT2D eigenvalue weighted by Gasteiger charge is 2.51. The van der Waals surface area contributed by atoms with E-state index < -0.39 is 49.3 Å². The van der Waals surface area contributed by atoms with Crippen molar-refractivity contribution in [1.82, 2.24) is 19.6 Å². The minimum atomic E-state index is -4.78. The fraction of sp³-hybridized carbons (Fsp3) is 0.509. The Labute approximate surface area is 428 Å². The lowest BCUT2D eigenvalue weighted by molar-refractivity contribution is -0.384. The van der Waals surface area contributed by atoms with Crippen LogP contribution in [0.5, 0.6) is 17.4 Å². The highest BCUT2D eigenvalue weighted by Crippen LogP contribution is 2.54. The zero-order chi connectivity index (χ0) is 50.9. The van der Waals surface area contributed by atoms with Gasteiger partial charge < -0.3 is 48.5 Å². The van der Waals surface area contributed by atoms with Crippen LogP contribution in [0.15, 0.2) is 77.8 Å². The van der Waals surface area contributed by atoms with Crippen LogP contribution in [0.1, 0.15) is 80.8 Å². The molecule has 19 nitrogen and oxygen atoms in total. The third kappa shape index (κ3) is 8.92. The zero-order valence-electron chi connectivity index (χ0n) is 41.4. The summed E-state index contributed by atoms with van der Waals surface area (Å²) >= 11 is 0. The lowest BCUT2D eigenvalue weighted by Crippen LogP contribution is -2.57. The van der Waals surface area contributed by atoms with Crippen LogP contribution in [0.4, 0.5) is 32.8 Å². The number of amides is 1. The van der Waals surface area contributed by atoms with E-state index in [1.54, 1.807) is 12.3 Å². The van der Waals surface area contributed by atoms with Gasteiger partial charge in [-0.3, -0.25) is 19.8 Å². The molecule has 3 aromatic carbocycles. The highest BCUT2D eigenvalue weighted by atomic mass is 32.2. The molecule has 3 N–H and O–H groups in total. The lowest BCUT2D eigenvalue weighted by Gasteiger charge is -2.57. The minimum absolute atomic E-state index is 0.0539. The van der Waals surface area contributed by atoms with Crippen molar-refractivity contribution >= 4 is 55.4 Å². The van der Waals surface area contributed by atoms with Crippen LogP contribution in [-0.4, -0.2) is 136 Å². The van der Waals surface area contributed by atoms with Crippen molar-refractivity contribution in [1.29, 1.82) is 0 Å². The molecule has 7 aliphatic rings. The van der Waals surface area contributed by atoms with Crippen molar-refractivity contribution < 1.29 is 50.9 Å². The van der Waals surface area contributed by atoms with Gasteiger partial charge in [0.1, 0.15) is 35.5 Å². The standard InChI is InChI=1S/C53H61FN8O11S/c1-32(2)72-44-6-4-3-5-37(44)43-29-70-22-18-60(43)35-27-52(28-35)11-16-59(17-12-52)34-7-8-38(40(24-34)61-39-10-19-69-30-46(39)73-51-42(61)23-33-9-15-55-49(33)57-51)50(63)58-74(66,67)36-25-41(62(64)65)48-45(26-36)71-31-47(56-48)53(54)13-20-68-21-14-53/h3-9,15,23-26,32,35,39,43,46-47,56H,10-14,16-22,27-31H2,1-2H3,(H,55,57)(H,58,63)/t39-,43-,46-,47-/m0/s1. The Morgan fingerprint density at radius 3 is 2.53 bits per heavy atom. The Kier molecular flexibility index (Phi) is 12.6. The van der Waals surface area contributed by atoms with Crippen molar-refractivity contribution in [3.05, 3.63) is 94.2 Å². The number of carbonyl (C=O) groups excluding carboxylic acids is 1. The van der Waals surface area contributed by atoms with E-state index in [0.29, 0.717) is 55.2 Å². The second-order valence-corrected chi connectivity index (χ2v) is 22.8. The van der Waals surface area contributed by atoms with Crippen molar-refractivity contribution in [2.75, 3.05) is 81.0 Å². The molecule has 1 spiro atoms. The normalized spacial score (nSPS) is 24.6. The fourth-order valence-corrected chi connectivity index (χ4v) is 13.4. The topological polar surface area (TPSA) is 212 Å². The van der Waals surface area contributed by atoms with Gasteiger partial charge in [-0.05, 0) is 87.8 Å². The lowest BCUT2D eigenvalue weighted by atomic mass is 9.59. The maximum atomic E-state index is 16.0. The van der Waals surface area contributed by atoms with Gasteiger partial charge in [0.15, 0.2) is 11.4 Å². The van der Waals surface area contributed by atoms with Gasteiger partial charge in [-0.25, -0.2) is 17.5 Å². The molecule has 1 amide bonds. The number of morpholine rings is 1. The van der Waals surface area contributed by atoms with E-state index in [1.165, 1.54) is 0 Å². The van der Waals surface area contributed by atoms with Crippen molar-refractivity contribution in [3.8, 4) is 17.4 Å². The van der Waals surface area contributed by atoms with Crippen molar-refractivity contribution in [2.24, 2.45) is 5.41 Å². The molecule has 4 saturated heterocycles. The summed E-state index contributed by atoms with van der Waals surface area (Å²) in [5, 5.41) is 16.3. The Morgan fingerprint density at radius 1 is 0.932 bits per heavy atom. The Bertz CT molecular complexity index is 3080. The number of ether oxygens (including phenoxy) is 6. The summed E-state index contributed by atoms with van der Waals surface area (Å²) in [6.45, 7) is 8.71. The second kappa shape index (κ2) is 19.1. The van der Waals surface area contributed by atoms with Crippen LogP contribution in [-0.2, 0) is 24.2 Å². The maximum Gasteiger partial charge on any atom is 0.297 e. The Balaban J connectivity index is 0.834. The number of nitro benzene ring substituents is 1. The number of piperidine rings is 1. The Hall–Kier alpha value is -6.26. The van der Waals surface area contributed by atoms with Crippen LogP contribution in [0.3, 0.4) is 0 Å². The molecule has 4 atom stereocenters. The molecule has 0 bridgehead atoms. The van der Waals surface area contributed by atoms with E-state index in [-0.39, 0.29) is 79.9 Å². The third-order valence-corrected chi connectivity index (χ3v) is 17.7. The molecule has 74 heavy (non-hydrogen) atoms. The number of nitro groups is 1. The number of nitrogens with one attached hydrogen (secondary N) is 3. The van der Waals surface area contributed by atoms with Crippen molar-refractivity contribution in [2.45, 2.75) is 106 Å². The number of hydrogen-bond acceptors (Lipinski definition) is 16. The number of fused-ring (bicyclic) bond motifs is 4. The van der Waals surface area contributed by atoms with E-state index in [0.717, 1.165) is 79.8 Å². The summed E-state index contributed by atoms with van der Waals surface area (Å²) in [6, 6.07) is 18.9. The first-order valence-corrected chi connectivity index (χ1v) is 27.3. The number of anilines is 4. The number of aromatic nitrogens is 2. The van der Waals surface area contributed by atoms with E-state index in [4.69, 9.17) is 33.4 Å². The molecule has 5 fully saturated rings. The summed E-state index contributed by atoms with van der Waals surface area (Å²) in [4.78, 5) is 41.0. The monoisotopic (exact) mass is 1040 g/mol. The quantitative estimate of drug-likeness (QED) is 0.0860. The predicted molar refractivity (Wildman–Crippen MR) is 272 cm³/mol. The molecule has 0 radical (unpaired) electrons. The molecule has 8 heterocycles. The number of alkyl halides is 1. The SMILES string of the molecule is CC(C)Oc1ccccc1[C@@H]1COCCN1C1CC2(CCN(c3ccc(C(=O)NS(=O)(=O)c4cc5c(c([N+](=O)[O-])c4)N[C@H](C4(F)CCOCC4)CO5)c(N4c5cc6cc[nH]c6nc5O[C@H]5COCC[C@@H]54)c3)CC2)C1. The molecule has 1 aliphatic carbocycles. The van der Waals surface area contributed by atoms with Crippen LogP contribution in [0.2, 0.25) is 0 Å². The molecule has 2 aromatic heterocycles. The smallest absolute Gasteiger partial charge is 0.297 e. The van der Waals surface area contributed by atoms with Gasteiger partial charge in [0, 0.05) is 93.3 Å². The number of halogens is 1. The van der Waals surface area contributed by atoms with Gasteiger partial charge in [0.25, 0.3) is 21.6 Å². The molecule has 1 saturated carbocycles. The molecule has 6 aliphatic heterocycles. The number of para-hydroxylation sites is 1. The second-order valence-electron chi connectivity index (χ2n) is 21.1. The number of nitrogens with zero attached hydrogens (tertiary/aromatic N) is 5. The summed E-state index contributed by atoms with van der Waals surface area (Å²) in [7, 11) is -4.78. The number of benzene rings is 3. The van der Waals surface area contributed by atoms with Crippen LogP contribution >= 0.6 is 0 Å². The average molecular weight is 1040 g/mol. The number of sulfonamides is 1. The number of rotatable bonds is 11. The molecule has 392 valence electrons. The van der Waals surface area contributed by atoms with Crippen molar-refractivity contribution in [3.63, 3.8) is 0 Å². The van der Waals surface area contributed by atoms with Crippen LogP contribution in [0, 0.1) is 15.5 Å². The van der Waals surface area contributed by atoms with Gasteiger partial charge in [-0.2, -0.15) is 4.98 Å². The van der Waals surface area contributed by atoms with Crippen LogP contribution < -0.4 is 34.0 Å². The van der Waals surface area contributed by atoms with Gasteiger partial charge in [-0.15, -0.1) is 0 Å². The van der Waals surface area contributed by atoms with E-state index in [9.17, 15) is 23.3 Å². The van der Waals surface area contributed by atoms with E-state index >= 15 is 4.39 Å². The Morgan fingerprint density at radius 2 is 1.73 bits per heavy atom. The number of pyridine rings is 1.